The van der Waals surface area contributed by atoms with Crippen LogP contribution >= 0.6 is 11.6 Å². The third-order valence-corrected chi connectivity index (χ3v) is 3.91. The number of para-hydroxylation sites is 1. The van der Waals surface area contributed by atoms with Crippen LogP contribution in [0.25, 0.3) is 0 Å². The van der Waals surface area contributed by atoms with Gasteiger partial charge in [0.25, 0.3) is 5.91 Å². The molecule has 0 saturated heterocycles. The molecule has 0 heterocycles. The maximum Gasteiger partial charge on any atom is 0.303 e. The van der Waals surface area contributed by atoms with E-state index in [0.29, 0.717) is 35.9 Å². The van der Waals surface area contributed by atoms with Gasteiger partial charge in [-0.25, -0.2) is 0 Å². The van der Waals surface area contributed by atoms with Gasteiger partial charge >= 0.3 is 5.97 Å². The molecular weight excluding hydrogens is 342 g/mol. The Morgan fingerprint density at radius 2 is 1.80 bits per heavy atom. The van der Waals surface area contributed by atoms with E-state index in [1.807, 2.05) is 12.1 Å². The molecule has 0 aliphatic heterocycles. The van der Waals surface area contributed by atoms with Crippen LogP contribution in [0.3, 0.4) is 0 Å². The lowest BCUT2D eigenvalue weighted by Gasteiger charge is -2.19. The molecule has 25 heavy (non-hydrogen) atoms. The number of ether oxygens (including phenoxy) is 1. The Balaban J connectivity index is 2.02. The van der Waals surface area contributed by atoms with Crippen LogP contribution in [0.1, 0.15) is 28.8 Å². The first-order chi connectivity index (χ1) is 12.0. The zero-order chi connectivity index (χ0) is 18.2. The summed E-state index contributed by atoms with van der Waals surface area (Å²) >= 11 is 5.86. The summed E-state index contributed by atoms with van der Waals surface area (Å²) in [6.45, 7) is 0.695. The Labute approximate surface area is 151 Å². The Bertz CT molecular complexity index is 730. The van der Waals surface area contributed by atoms with Crippen molar-refractivity contribution < 1.29 is 19.4 Å². The number of amides is 1. The summed E-state index contributed by atoms with van der Waals surface area (Å²) in [7, 11) is 1.65. The Morgan fingerprint density at radius 1 is 1.12 bits per heavy atom. The number of carboxylic acid groups (broad SMARTS) is 1. The van der Waals surface area contributed by atoms with E-state index in [9.17, 15) is 9.59 Å². The van der Waals surface area contributed by atoms with E-state index in [1.165, 1.54) is 4.90 Å². The lowest BCUT2D eigenvalue weighted by molar-refractivity contribution is -0.137. The summed E-state index contributed by atoms with van der Waals surface area (Å²) in [6.07, 6.45) is 0.442. The van der Waals surface area contributed by atoms with Crippen LogP contribution < -0.4 is 4.74 Å². The summed E-state index contributed by atoms with van der Waals surface area (Å²) in [6, 6.07) is 14.3. The molecule has 0 spiro atoms. The second kappa shape index (κ2) is 9.08. The predicted octanol–water partition coefficient (Wildman–Crippen LogP) is 3.86. The molecule has 1 amide bonds. The lowest BCUT2D eigenvalue weighted by Crippen LogP contribution is -2.28. The molecule has 0 aliphatic carbocycles. The SMILES string of the molecule is CN(CCCC(=O)O)C(=O)c1ccccc1OCc1ccc(Cl)cc1. The summed E-state index contributed by atoms with van der Waals surface area (Å²) in [5.41, 5.74) is 1.40. The number of hydrogen-bond acceptors (Lipinski definition) is 3. The second-order valence-corrected chi connectivity index (χ2v) is 6.07. The second-order valence-electron chi connectivity index (χ2n) is 5.64. The fraction of sp³-hybridized carbons (Fsp3) is 0.263. The van der Waals surface area contributed by atoms with E-state index in [0.717, 1.165) is 5.56 Å². The predicted molar refractivity (Wildman–Crippen MR) is 96.1 cm³/mol. The van der Waals surface area contributed by atoms with Crippen LogP contribution in [-0.2, 0) is 11.4 Å². The number of benzene rings is 2. The average molecular weight is 362 g/mol. The van der Waals surface area contributed by atoms with Crippen LogP contribution in [0.4, 0.5) is 0 Å². The molecule has 0 bridgehead atoms. The zero-order valence-corrected chi connectivity index (χ0v) is 14.7. The number of carbonyl (C=O) groups excluding carboxylic acids is 1. The molecule has 6 heteroatoms. The Morgan fingerprint density at radius 3 is 2.48 bits per heavy atom. The third kappa shape index (κ3) is 5.80. The number of carboxylic acids is 1. The molecular formula is C19H20ClNO4. The first-order valence-electron chi connectivity index (χ1n) is 7.91. The number of rotatable bonds is 8. The molecule has 0 radical (unpaired) electrons. The summed E-state index contributed by atoms with van der Waals surface area (Å²) in [5, 5.41) is 9.34. The summed E-state index contributed by atoms with van der Waals surface area (Å²) in [4.78, 5) is 24.7. The van der Waals surface area contributed by atoms with E-state index in [-0.39, 0.29) is 12.3 Å². The van der Waals surface area contributed by atoms with Gasteiger partial charge in [0.1, 0.15) is 12.4 Å². The van der Waals surface area contributed by atoms with E-state index < -0.39 is 5.97 Å². The van der Waals surface area contributed by atoms with Crippen LogP contribution in [0.5, 0.6) is 5.75 Å². The zero-order valence-electron chi connectivity index (χ0n) is 13.9. The molecule has 0 aliphatic rings. The van der Waals surface area contributed by atoms with Gasteiger partial charge in [0.05, 0.1) is 5.56 Å². The van der Waals surface area contributed by atoms with Crippen molar-refractivity contribution >= 4 is 23.5 Å². The van der Waals surface area contributed by atoms with Crippen molar-refractivity contribution in [2.45, 2.75) is 19.4 Å². The molecule has 132 valence electrons. The van der Waals surface area contributed by atoms with Crippen molar-refractivity contribution in [2.24, 2.45) is 0 Å². The molecule has 0 unspecified atom stereocenters. The monoisotopic (exact) mass is 361 g/mol. The molecule has 2 rings (SSSR count). The normalized spacial score (nSPS) is 10.3. The van der Waals surface area contributed by atoms with Gasteiger partial charge in [-0.2, -0.15) is 0 Å². The lowest BCUT2D eigenvalue weighted by atomic mass is 10.1. The first kappa shape index (κ1) is 18.8. The smallest absolute Gasteiger partial charge is 0.303 e. The van der Waals surface area contributed by atoms with Crippen molar-refractivity contribution in [2.75, 3.05) is 13.6 Å². The van der Waals surface area contributed by atoms with Crippen LogP contribution in [0.15, 0.2) is 48.5 Å². The maximum absolute atomic E-state index is 12.6. The molecule has 2 aromatic rings. The highest BCUT2D eigenvalue weighted by Gasteiger charge is 2.16. The number of carbonyl (C=O) groups is 2. The Kier molecular flexibility index (Phi) is 6.83. The van der Waals surface area contributed by atoms with Gasteiger partial charge in [0, 0.05) is 25.0 Å². The quantitative estimate of drug-likeness (QED) is 0.775. The van der Waals surface area contributed by atoms with Gasteiger partial charge < -0.3 is 14.7 Å². The van der Waals surface area contributed by atoms with E-state index in [1.54, 1.807) is 43.4 Å². The largest absolute Gasteiger partial charge is 0.488 e. The van der Waals surface area contributed by atoms with Crippen molar-refractivity contribution in [1.82, 2.24) is 4.90 Å². The number of hydrogen-bond donors (Lipinski definition) is 1. The highest BCUT2D eigenvalue weighted by molar-refractivity contribution is 6.30. The minimum absolute atomic E-state index is 0.0341. The summed E-state index contributed by atoms with van der Waals surface area (Å²) < 4.78 is 5.79. The Hall–Kier alpha value is -2.53. The standard InChI is InChI=1S/C19H20ClNO4/c1-21(12-4-7-18(22)23)19(24)16-5-2-3-6-17(16)25-13-14-8-10-15(20)11-9-14/h2-3,5-6,8-11H,4,7,12-13H2,1H3,(H,22,23). The maximum atomic E-state index is 12.6. The van der Waals surface area contributed by atoms with E-state index in [2.05, 4.69) is 0 Å². The number of halogens is 1. The highest BCUT2D eigenvalue weighted by Crippen LogP contribution is 2.21. The summed E-state index contributed by atoms with van der Waals surface area (Å²) in [5.74, 6) is -0.572. The molecule has 5 nitrogen and oxygen atoms in total. The van der Waals surface area contributed by atoms with Crippen molar-refractivity contribution in [3.05, 3.63) is 64.7 Å². The molecule has 0 saturated carbocycles. The minimum atomic E-state index is -0.868. The fourth-order valence-electron chi connectivity index (χ4n) is 2.29. The van der Waals surface area contributed by atoms with Gasteiger partial charge in [-0.15, -0.1) is 0 Å². The highest BCUT2D eigenvalue weighted by atomic mass is 35.5. The minimum Gasteiger partial charge on any atom is -0.488 e. The van der Waals surface area contributed by atoms with Crippen LogP contribution in [0, 0.1) is 0 Å². The van der Waals surface area contributed by atoms with E-state index in [4.69, 9.17) is 21.4 Å². The van der Waals surface area contributed by atoms with Crippen LogP contribution in [0.2, 0.25) is 5.02 Å². The first-order valence-corrected chi connectivity index (χ1v) is 8.28. The molecule has 2 aromatic carbocycles. The van der Waals surface area contributed by atoms with Gasteiger partial charge in [-0.05, 0) is 36.2 Å². The topological polar surface area (TPSA) is 66.8 Å². The molecule has 0 fully saturated rings. The van der Waals surface area contributed by atoms with Gasteiger partial charge in [0.2, 0.25) is 0 Å². The van der Waals surface area contributed by atoms with Gasteiger partial charge in [0.15, 0.2) is 0 Å². The van der Waals surface area contributed by atoms with Gasteiger partial charge in [-0.3, -0.25) is 9.59 Å². The average Bonchev–Trinajstić information content (AvgIpc) is 2.60. The van der Waals surface area contributed by atoms with Crippen molar-refractivity contribution in [1.29, 1.82) is 0 Å². The van der Waals surface area contributed by atoms with Crippen molar-refractivity contribution in [3.8, 4) is 5.75 Å². The molecule has 0 atom stereocenters. The number of nitrogens with zero attached hydrogens (tertiary/aromatic N) is 1. The molecule has 0 aromatic heterocycles. The third-order valence-electron chi connectivity index (χ3n) is 3.66. The van der Waals surface area contributed by atoms with Crippen LogP contribution in [-0.4, -0.2) is 35.5 Å². The van der Waals surface area contributed by atoms with E-state index >= 15 is 0 Å². The van der Waals surface area contributed by atoms with Gasteiger partial charge in [-0.1, -0.05) is 35.9 Å². The van der Waals surface area contributed by atoms with Crippen molar-refractivity contribution in [3.63, 3.8) is 0 Å². The number of aliphatic carboxylic acids is 1. The fourth-order valence-corrected chi connectivity index (χ4v) is 2.41. The molecule has 1 N–H and O–H groups in total.